The first kappa shape index (κ1) is 5.06. The number of rotatable bonds is 0. The second kappa shape index (κ2) is 2.99. The maximum Gasteiger partial charge on any atom is 0.0359 e. The SMILES string of the molecule is [CH]1CNCCCN1. The van der Waals surface area contributed by atoms with Crippen LogP contribution in [0.3, 0.4) is 0 Å². The van der Waals surface area contributed by atoms with Crippen molar-refractivity contribution in [3.05, 3.63) is 6.54 Å². The molecule has 0 aliphatic carbocycles. The third kappa shape index (κ3) is 1.90. The van der Waals surface area contributed by atoms with Crippen molar-refractivity contribution in [2.45, 2.75) is 6.42 Å². The highest BCUT2D eigenvalue weighted by Gasteiger charge is 1.92. The van der Waals surface area contributed by atoms with Crippen molar-refractivity contribution in [2.24, 2.45) is 0 Å². The van der Waals surface area contributed by atoms with E-state index in [4.69, 9.17) is 0 Å². The topological polar surface area (TPSA) is 24.1 Å². The molecule has 0 atom stereocenters. The molecule has 1 rings (SSSR count). The lowest BCUT2D eigenvalue weighted by molar-refractivity contribution is 0.728. The Bertz CT molecular complexity index is 25.7. The second-order valence-corrected chi connectivity index (χ2v) is 1.72. The third-order valence-corrected chi connectivity index (χ3v) is 1.07. The van der Waals surface area contributed by atoms with Gasteiger partial charge < -0.3 is 10.6 Å². The van der Waals surface area contributed by atoms with E-state index in [1.54, 1.807) is 0 Å². The van der Waals surface area contributed by atoms with Crippen molar-refractivity contribution >= 4 is 0 Å². The van der Waals surface area contributed by atoms with Gasteiger partial charge in [0.2, 0.25) is 0 Å². The van der Waals surface area contributed by atoms with Crippen LogP contribution in [0.2, 0.25) is 0 Å². The van der Waals surface area contributed by atoms with Gasteiger partial charge in [0, 0.05) is 13.1 Å². The molecule has 0 spiro atoms. The smallest absolute Gasteiger partial charge is 0.0359 e. The molecule has 2 N–H and O–H groups in total. The molecule has 0 bridgehead atoms. The first-order chi connectivity index (χ1) is 3.50. The predicted molar refractivity (Wildman–Crippen MR) is 29.8 cm³/mol. The van der Waals surface area contributed by atoms with Gasteiger partial charge >= 0.3 is 0 Å². The van der Waals surface area contributed by atoms with Crippen LogP contribution in [0.5, 0.6) is 0 Å². The summed E-state index contributed by atoms with van der Waals surface area (Å²) in [7, 11) is 0. The molecule has 1 aliphatic rings. The number of hydrogen-bond donors (Lipinski definition) is 2. The Morgan fingerprint density at radius 2 is 2.29 bits per heavy atom. The van der Waals surface area contributed by atoms with Crippen LogP contribution >= 0.6 is 0 Å². The van der Waals surface area contributed by atoms with E-state index in [0.717, 1.165) is 19.6 Å². The largest absolute Gasteiger partial charge is 0.315 e. The van der Waals surface area contributed by atoms with Crippen molar-refractivity contribution in [1.82, 2.24) is 10.6 Å². The summed E-state index contributed by atoms with van der Waals surface area (Å²) in [6.45, 7) is 5.36. The van der Waals surface area contributed by atoms with E-state index < -0.39 is 0 Å². The summed E-state index contributed by atoms with van der Waals surface area (Å²) in [5.41, 5.74) is 0. The molecular weight excluding hydrogens is 88.1 g/mol. The van der Waals surface area contributed by atoms with Crippen molar-refractivity contribution in [3.63, 3.8) is 0 Å². The van der Waals surface area contributed by atoms with Gasteiger partial charge in [-0.2, -0.15) is 0 Å². The van der Waals surface area contributed by atoms with E-state index in [1.165, 1.54) is 6.42 Å². The highest BCUT2D eigenvalue weighted by Crippen LogP contribution is 1.79. The zero-order chi connectivity index (χ0) is 4.95. The van der Waals surface area contributed by atoms with Crippen LogP contribution in [0.4, 0.5) is 0 Å². The van der Waals surface area contributed by atoms with Crippen LogP contribution < -0.4 is 10.6 Å². The Morgan fingerprint density at radius 1 is 1.29 bits per heavy atom. The van der Waals surface area contributed by atoms with E-state index in [2.05, 4.69) is 17.2 Å². The second-order valence-electron chi connectivity index (χ2n) is 1.72. The van der Waals surface area contributed by atoms with E-state index in [1.807, 2.05) is 0 Å². The van der Waals surface area contributed by atoms with Gasteiger partial charge in [0.05, 0.1) is 0 Å². The monoisotopic (exact) mass is 99.1 g/mol. The van der Waals surface area contributed by atoms with Crippen LogP contribution in [-0.4, -0.2) is 19.6 Å². The molecule has 0 saturated carbocycles. The van der Waals surface area contributed by atoms with Gasteiger partial charge in [-0.25, -0.2) is 0 Å². The Kier molecular flexibility index (Phi) is 2.17. The summed E-state index contributed by atoms with van der Waals surface area (Å²) in [5, 5.41) is 6.39. The van der Waals surface area contributed by atoms with Gasteiger partial charge in [-0.3, -0.25) is 0 Å². The van der Waals surface area contributed by atoms with E-state index in [9.17, 15) is 0 Å². The zero-order valence-corrected chi connectivity index (χ0v) is 4.41. The molecule has 1 heterocycles. The minimum atomic E-state index is 1.01. The lowest BCUT2D eigenvalue weighted by atomic mass is 10.4. The predicted octanol–water partition coefficient (Wildman–Crippen LogP) is -0.269. The van der Waals surface area contributed by atoms with Crippen LogP contribution in [-0.2, 0) is 0 Å². The average molecular weight is 99.2 g/mol. The van der Waals surface area contributed by atoms with Crippen LogP contribution in [0.1, 0.15) is 6.42 Å². The van der Waals surface area contributed by atoms with Crippen LogP contribution in [0, 0.1) is 6.54 Å². The Morgan fingerprint density at radius 3 is 3.29 bits per heavy atom. The summed E-state index contributed by atoms with van der Waals surface area (Å²) in [4.78, 5) is 0. The first-order valence-corrected chi connectivity index (χ1v) is 2.76. The molecule has 0 aromatic heterocycles. The van der Waals surface area contributed by atoms with Gasteiger partial charge in [-0.05, 0) is 19.5 Å². The van der Waals surface area contributed by atoms with Crippen molar-refractivity contribution in [1.29, 1.82) is 0 Å². The van der Waals surface area contributed by atoms with E-state index in [-0.39, 0.29) is 0 Å². The molecule has 1 radical (unpaired) electrons. The lowest BCUT2D eigenvalue weighted by Crippen LogP contribution is -2.15. The molecule has 2 nitrogen and oxygen atoms in total. The maximum atomic E-state index is 3.23. The quantitative estimate of drug-likeness (QED) is 0.437. The molecule has 0 amide bonds. The Hall–Kier alpha value is -0.0800. The van der Waals surface area contributed by atoms with Gasteiger partial charge in [-0.1, -0.05) is 0 Å². The normalized spacial score (nSPS) is 24.0. The molecule has 2 heteroatoms. The van der Waals surface area contributed by atoms with Crippen LogP contribution in [0.25, 0.3) is 0 Å². The summed E-state index contributed by atoms with van der Waals surface area (Å²) < 4.78 is 0. The molecule has 1 aliphatic heterocycles. The van der Waals surface area contributed by atoms with E-state index in [0.29, 0.717) is 0 Å². The molecule has 1 fully saturated rings. The van der Waals surface area contributed by atoms with Crippen LogP contribution in [0.15, 0.2) is 0 Å². The Balaban J connectivity index is 2.04. The first-order valence-electron chi connectivity index (χ1n) is 2.76. The summed E-state index contributed by atoms with van der Waals surface area (Å²) in [6.07, 6.45) is 1.25. The fraction of sp³-hybridized carbons (Fsp3) is 0.800. The number of hydrogen-bond acceptors (Lipinski definition) is 2. The average Bonchev–Trinajstić information content (AvgIpc) is 1.90. The molecule has 0 unspecified atom stereocenters. The van der Waals surface area contributed by atoms with Crippen molar-refractivity contribution in [2.75, 3.05) is 19.6 Å². The van der Waals surface area contributed by atoms with Gasteiger partial charge in [-0.15, -0.1) is 0 Å². The third-order valence-electron chi connectivity index (χ3n) is 1.07. The zero-order valence-electron chi connectivity index (χ0n) is 4.41. The van der Waals surface area contributed by atoms with Gasteiger partial charge in [0.15, 0.2) is 0 Å². The molecule has 41 valence electrons. The van der Waals surface area contributed by atoms with Crippen molar-refractivity contribution in [3.8, 4) is 0 Å². The van der Waals surface area contributed by atoms with Crippen molar-refractivity contribution < 1.29 is 0 Å². The lowest BCUT2D eigenvalue weighted by Gasteiger charge is -1.91. The molecular formula is C5H11N2. The highest BCUT2D eigenvalue weighted by atomic mass is 15.0. The Labute approximate surface area is 44.3 Å². The summed E-state index contributed by atoms with van der Waals surface area (Å²) in [6, 6.07) is 0. The van der Waals surface area contributed by atoms with E-state index >= 15 is 0 Å². The molecule has 7 heavy (non-hydrogen) atoms. The fourth-order valence-corrected chi connectivity index (χ4v) is 0.664. The molecule has 0 aromatic rings. The fourth-order valence-electron chi connectivity index (χ4n) is 0.664. The molecule has 1 saturated heterocycles. The van der Waals surface area contributed by atoms with Gasteiger partial charge in [0.25, 0.3) is 0 Å². The molecule has 0 aromatic carbocycles. The standard InChI is InChI=1S/C5H11N2/c1-2-6-4-5-7-3-1/h4,6-7H,1-3,5H2. The summed E-state index contributed by atoms with van der Waals surface area (Å²) >= 11 is 0. The highest BCUT2D eigenvalue weighted by molar-refractivity contribution is 4.69. The number of nitrogens with one attached hydrogen (secondary N) is 2. The summed E-state index contributed by atoms with van der Waals surface area (Å²) in [5.74, 6) is 0. The minimum absolute atomic E-state index is 1.01. The minimum Gasteiger partial charge on any atom is -0.315 e. The van der Waals surface area contributed by atoms with Gasteiger partial charge in [0.1, 0.15) is 0 Å². The maximum absolute atomic E-state index is 3.23.